The third kappa shape index (κ3) is 2.51. The van der Waals surface area contributed by atoms with Crippen LogP contribution in [0.5, 0.6) is 5.75 Å². The van der Waals surface area contributed by atoms with Crippen molar-refractivity contribution in [3.63, 3.8) is 0 Å². The van der Waals surface area contributed by atoms with E-state index in [0.29, 0.717) is 11.1 Å². The first-order valence-electron chi connectivity index (χ1n) is 5.69. The lowest BCUT2D eigenvalue weighted by molar-refractivity contribution is 0.103. The Morgan fingerprint density at radius 2 is 1.67 bits per heavy atom. The lowest BCUT2D eigenvalue weighted by atomic mass is 10.0. The van der Waals surface area contributed by atoms with Crippen LogP contribution in [0.3, 0.4) is 0 Å². The summed E-state index contributed by atoms with van der Waals surface area (Å²) in [5.41, 5.74) is 2.15. The quantitative estimate of drug-likeness (QED) is 0.840. The van der Waals surface area contributed by atoms with Crippen molar-refractivity contribution in [1.29, 1.82) is 0 Å². The SMILES string of the molecule is CN(C)c1ccc(C(=O)c2cccc(O)c2)cc1. The van der Waals surface area contributed by atoms with E-state index in [4.69, 9.17) is 0 Å². The molecule has 2 rings (SSSR count). The topological polar surface area (TPSA) is 40.5 Å². The lowest BCUT2D eigenvalue weighted by Gasteiger charge is -2.12. The summed E-state index contributed by atoms with van der Waals surface area (Å²) in [6.45, 7) is 0. The maximum atomic E-state index is 12.2. The Morgan fingerprint density at radius 1 is 1.00 bits per heavy atom. The van der Waals surface area contributed by atoms with Crippen LogP contribution in [0.1, 0.15) is 15.9 Å². The molecule has 0 saturated heterocycles. The molecule has 0 heterocycles. The maximum Gasteiger partial charge on any atom is 0.193 e. The number of rotatable bonds is 3. The molecule has 0 aliphatic carbocycles. The number of hydrogen-bond donors (Lipinski definition) is 1. The molecule has 0 aliphatic rings. The zero-order valence-electron chi connectivity index (χ0n) is 10.4. The zero-order chi connectivity index (χ0) is 13.1. The number of aromatic hydroxyl groups is 1. The molecule has 0 aromatic heterocycles. The fraction of sp³-hybridized carbons (Fsp3) is 0.133. The largest absolute Gasteiger partial charge is 0.508 e. The van der Waals surface area contributed by atoms with Crippen molar-refractivity contribution in [2.75, 3.05) is 19.0 Å². The predicted octanol–water partition coefficient (Wildman–Crippen LogP) is 2.69. The summed E-state index contributed by atoms with van der Waals surface area (Å²) in [4.78, 5) is 14.1. The monoisotopic (exact) mass is 241 g/mol. The summed E-state index contributed by atoms with van der Waals surface area (Å²) in [6.07, 6.45) is 0. The van der Waals surface area contributed by atoms with Crippen LogP contribution in [-0.2, 0) is 0 Å². The fourth-order valence-corrected chi connectivity index (χ4v) is 1.72. The molecule has 2 aromatic rings. The number of ketones is 1. The van der Waals surface area contributed by atoms with Gasteiger partial charge in [0.2, 0.25) is 0 Å². The van der Waals surface area contributed by atoms with E-state index in [-0.39, 0.29) is 11.5 Å². The van der Waals surface area contributed by atoms with Crippen molar-refractivity contribution in [1.82, 2.24) is 0 Å². The summed E-state index contributed by atoms with van der Waals surface area (Å²) < 4.78 is 0. The molecule has 0 unspecified atom stereocenters. The van der Waals surface area contributed by atoms with E-state index in [9.17, 15) is 9.90 Å². The molecule has 0 atom stereocenters. The van der Waals surface area contributed by atoms with Gasteiger partial charge in [-0.2, -0.15) is 0 Å². The summed E-state index contributed by atoms with van der Waals surface area (Å²) in [5, 5.41) is 9.37. The molecule has 0 amide bonds. The molecule has 92 valence electrons. The van der Waals surface area contributed by atoms with Gasteiger partial charge in [0.1, 0.15) is 5.75 Å². The Labute approximate surface area is 106 Å². The first-order chi connectivity index (χ1) is 8.58. The van der Waals surface area contributed by atoms with E-state index in [1.54, 1.807) is 30.3 Å². The molecule has 0 spiro atoms. The van der Waals surface area contributed by atoms with Crippen LogP contribution in [-0.4, -0.2) is 25.0 Å². The highest BCUT2D eigenvalue weighted by atomic mass is 16.3. The molecule has 3 heteroatoms. The smallest absolute Gasteiger partial charge is 0.193 e. The molecule has 0 bridgehead atoms. The van der Waals surface area contributed by atoms with E-state index in [1.807, 2.05) is 31.1 Å². The minimum atomic E-state index is -0.0868. The van der Waals surface area contributed by atoms with Gasteiger partial charge >= 0.3 is 0 Å². The van der Waals surface area contributed by atoms with Crippen molar-refractivity contribution in [3.05, 3.63) is 59.7 Å². The molecular weight excluding hydrogens is 226 g/mol. The van der Waals surface area contributed by atoms with Crippen LogP contribution >= 0.6 is 0 Å². The van der Waals surface area contributed by atoms with Crippen LogP contribution in [0, 0.1) is 0 Å². The van der Waals surface area contributed by atoms with Crippen LogP contribution < -0.4 is 4.90 Å². The summed E-state index contributed by atoms with van der Waals surface area (Å²) >= 11 is 0. The van der Waals surface area contributed by atoms with Crippen LogP contribution in [0.2, 0.25) is 0 Å². The lowest BCUT2D eigenvalue weighted by Crippen LogP contribution is -2.09. The Kier molecular flexibility index (Phi) is 3.33. The third-order valence-electron chi connectivity index (χ3n) is 2.75. The standard InChI is InChI=1S/C15H15NO2/c1-16(2)13-8-6-11(7-9-13)15(18)12-4-3-5-14(17)10-12/h3-10,17H,1-2H3. The van der Waals surface area contributed by atoms with E-state index in [1.165, 1.54) is 6.07 Å². The van der Waals surface area contributed by atoms with Gasteiger partial charge in [-0.25, -0.2) is 0 Å². The Bertz CT molecular complexity index is 559. The average molecular weight is 241 g/mol. The first kappa shape index (κ1) is 12.2. The second-order valence-electron chi connectivity index (χ2n) is 4.32. The molecule has 1 N–H and O–H groups in total. The van der Waals surface area contributed by atoms with Gasteiger partial charge in [-0.15, -0.1) is 0 Å². The van der Waals surface area contributed by atoms with Gasteiger partial charge < -0.3 is 10.0 Å². The van der Waals surface area contributed by atoms with Gasteiger partial charge in [0.25, 0.3) is 0 Å². The number of anilines is 1. The highest BCUT2D eigenvalue weighted by molar-refractivity contribution is 6.09. The molecule has 18 heavy (non-hydrogen) atoms. The molecule has 2 aromatic carbocycles. The summed E-state index contributed by atoms with van der Waals surface area (Å²) in [7, 11) is 3.90. The summed E-state index contributed by atoms with van der Waals surface area (Å²) in [5.74, 6) is 0.0157. The molecular formula is C15H15NO2. The van der Waals surface area contributed by atoms with Gasteiger partial charge in [-0.05, 0) is 36.4 Å². The second-order valence-corrected chi connectivity index (χ2v) is 4.32. The average Bonchev–Trinajstić information content (AvgIpc) is 2.38. The minimum Gasteiger partial charge on any atom is -0.508 e. The number of hydrogen-bond acceptors (Lipinski definition) is 3. The van der Waals surface area contributed by atoms with Gasteiger partial charge in [0, 0.05) is 30.9 Å². The van der Waals surface area contributed by atoms with Gasteiger partial charge in [0.15, 0.2) is 5.78 Å². The van der Waals surface area contributed by atoms with E-state index < -0.39 is 0 Å². The normalized spacial score (nSPS) is 10.1. The molecule has 0 saturated carbocycles. The highest BCUT2D eigenvalue weighted by Crippen LogP contribution is 2.17. The van der Waals surface area contributed by atoms with Gasteiger partial charge in [0.05, 0.1) is 0 Å². The van der Waals surface area contributed by atoms with Crippen LogP contribution in [0.4, 0.5) is 5.69 Å². The van der Waals surface area contributed by atoms with Gasteiger partial charge in [-0.1, -0.05) is 12.1 Å². The first-order valence-corrected chi connectivity index (χ1v) is 5.69. The van der Waals surface area contributed by atoms with E-state index in [0.717, 1.165) is 5.69 Å². The minimum absolute atomic E-state index is 0.0868. The Balaban J connectivity index is 2.29. The number of nitrogens with zero attached hydrogens (tertiary/aromatic N) is 1. The van der Waals surface area contributed by atoms with E-state index in [2.05, 4.69) is 0 Å². The molecule has 0 radical (unpaired) electrons. The van der Waals surface area contributed by atoms with E-state index >= 15 is 0 Å². The number of benzene rings is 2. The third-order valence-corrected chi connectivity index (χ3v) is 2.75. The summed E-state index contributed by atoms with van der Waals surface area (Å²) in [6, 6.07) is 13.8. The molecule has 0 aliphatic heterocycles. The Hall–Kier alpha value is -2.29. The maximum absolute atomic E-state index is 12.2. The van der Waals surface area contributed by atoms with Crippen molar-refractivity contribution in [3.8, 4) is 5.75 Å². The van der Waals surface area contributed by atoms with Crippen molar-refractivity contribution >= 4 is 11.5 Å². The number of carbonyl (C=O) groups is 1. The van der Waals surface area contributed by atoms with Crippen molar-refractivity contribution < 1.29 is 9.90 Å². The number of phenols is 1. The Morgan fingerprint density at radius 3 is 2.22 bits per heavy atom. The number of carbonyl (C=O) groups excluding carboxylic acids is 1. The highest BCUT2D eigenvalue weighted by Gasteiger charge is 2.09. The van der Waals surface area contributed by atoms with Gasteiger partial charge in [-0.3, -0.25) is 4.79 Å². The zero-order valence-corrected chi connectivity index (χ0v) is 10.4. The number of phenolic OH excluding ortho intramolecular Hbond substituents is 1. The van der Waals surface area contributed by atoms with Crippen molar-refractivity contribution in [2.45, 2.75) is 0 Å². The molecule has 0 fully saturated rings. The fourth-order valence-electron chi connectivity index (χ4n) is 1.72. The predicted molar refractivity (Wildman–Crippen MR) is 72.3 cm³/mol. The second kappa shape index (κ2) is 4.92. The van der Waals surface area contributed by atoms with Crippen molar-refractivity contribution in [2.24, 2.45) is 0 Å². The van der Waals surface area contributed by atoms with Crippen LogP contribution in [0.15, 0.2) is 48.5 Å². The molecule has 3 nitrogen and oxygen atoms in total. The van der Waals surface area contributed by atoms with Crippen LogP contribution in [0.25, 0.3) is 0 Å².